The molecule has 7 rings (SSSR count). The zero-order valence-electron chi connectivity index (χ0n) is 40.8. The molecule has 3 saturated heterocycles. The first kappa shape index (κ1) is 53.6. The summed E-state index contributed by atoms with van der Waals surface area (Å²) in [4.78, 5) is 77.4. The molecule has 3 aliphatic rings. The number of fused-ring (bicyclic) bond motifs is 1. The molecule has 0 aliphatic carbocycles. The summed E-state index contributed by atoms with van der Waals surface area (Å²) < 4.78 is 23.4. The van der Waals surface area contributed by atoms with Crippen molar-refractivity contribution in [2.24, 2.45) is 10.9 Å². The minimum atomic E-state index is -2.08. The van der Waals surface area contributed by atoms with Crippen LogP contribution in [0.15, 0.2) is 77.8 Å². The van der Waals surface area contributed by atoms with Gasteiger partial charge in [0.1, 0.15) is 36.6 Å². The molecule has 0 saturated carbocycles. The topological polar surface area (TPSA) is 295 Å². The fourth-order valence-electron chi connectivity index (χ4n) is 9.13. The van der Waals surface area contributed by atoms with Gasteiger partial charge in [-0.2, -0.15) is 0 Å². The second-order valence-electron chi connectivity index (χ2n) is 18.5. The van der Waals surface area contributed by atoms with Crippen LogP contribution in [0.1, 0.15) is 47.1 Å². The molecule has 3 aromatic carbocycles. The van der Waals surface area contributed by atoms with Gasteiger partial charge in [0.15, 0.2) is 12.4 Å². The number of hydrogen-bond donors (Lipinski definition) is 8. The number of aliphatic hydroxyl groups is 5. The zero-order chi connectivity index (χ0) is 52.1. The molecule has 10 atom stereocenters. The Morgan fingerprint density at radius 3 is 2.18 bits per heavy atom. The Labute approximate surface area is 415 Å². The highest BCUT2D eigenvalue weighted by Gasteiger charge is 2.53. The van der Waals surface area contributed by atoms with E-state index in [1.807, 2.05) is 7.05 Å². The number of ether oxygens (including phenoxy) is 4. The number of benzene rings is 3. The minimum Gasteiger partial charge on any atom is -0.494 e. The third-order valence-corrected chi connectivity index (χ3v) is 13.2. The second-order valence-corrected chi connectivity index (χ2v) is 18.5. The second kappa shape index (κ2) is 23.1. The van der Waals surface area contributed by atoms with Gasteiger partial charge in [-0.05, 0) is 49.4 Å². The first-order valence-electron chi connectivity index (χ1n) is 23.6. The van der Waals surface area contributed by atoms with Crippen LogP contribution in [0.5, 0.6) is 5.88 Å². The van der Waals surface area contributed by atoms with E-state index < -0.39 is 104 Å². The van der Waals surface area contributed by atoms with E-state index in [2.05, 4.69) is 20.4 Å². The smallest absolute Gasteiger partial charge is 0.337 e. The van der Waals surface area contributed by atoms with Gasteiger partial charge in [-0.1, -0.05) is 50.2 Å². The molecule has 9 unspecified atom stereocenters. The van der Waals surface area contributed by atoms with Gasteiger partial charge in [-0.25, -0.2) is 14.4 Å². The third-order valence-electron chi connectivity index (χ3n) is 13.2. The molecule has 0 radical (unpaired) electrons. The van der Waals surface area contributed by atoms with Crippen LogP contribution in [-0.4, -0.2) is 209 Å². The Morgan fingerprint density at radius 1 is 0.875 bits per heavy atom. The summed E-state index contributed by atoms with van der Waals surface area (Å²) in [7, 11) is 4.92. The van der Waals surface area contributed by atoms with Crippen molar-refractivity contribution in [3.8, 4) is 5.88 Å². The number of aliphatic hydroxyl groups excluding tert-OH is 5. The monoisotopic (exact) mass is 1000 g/mol. The summed E-state index contributed by atoms with van der Waals surface area (Å²) in [5.41, 5.74) is 1.91. The predicted octanol–water partition coefficient (Wildman–Crippen LogP) is -0.257. The molecule has 22 nitrogen and oxygen atoms in total. The molecule has 388 valence electrons. The van der Waals surface area contributed by atoms with E-state index >= 15 is 0 Å². The molecule has 72 heavy (non-hydrogen) atoms. The van der Waals surface area contributed by atoms with Crippen LogP contribution in [0.2, 0.25) is 0 Å². The van der Waals surface area contributed by atoms with Gasteiger partial charge in [-0.15, -0.1) is 0 Å². The number of rotatable bonds is 15. The molecule has 3 aliphatic heterocycles. The third kappa shape index (κ3) is 11.5. The Hall–Kier alpha value is -6.18. The number of anilines is 1. The van der Waals surface area contributed by atoms with Gasteiger partial charge >= 0.3 is 5.97 Å². The maximum atomic E-state index is 14.4. The molecule has 1 aromatic heterocycles. The highest BCUT2D eigenvalue weighted by molar-refractivity contribution is 6.23. The number of esters is 1. The first-order chi connectivity index (χ1) is 34.3. The lowest BCUT2D eigenvalue weighted by Crippen LogP contribution is -2.69. The molecular weight excluding hydrogens is 939 g/mol. The van der Waals surface area contributed by atoms with Gasteiger partial charge in [-0.3, -0.25) is 24.1 Å². The van der Waals surface area contributed by atoms with Crippen molar-refractivity contribution < 1.29 is 73.6 Å². The number of aromatic hydroxyl groups is 1. The Kier molecular flexibility index (Phi) is 17.2. The summed E-state index contributed by atoms with van der Waals surface area (Å²) in [6, 6.07) is 18.9. The standard InChI is InChI=1S/C50H63N7O15/c1-26(2)44-39(52-27(3)59)45(40(62)34(25-58)70-44)71-50-43(65)41(63)42(64)46(72-50)47(66)51-23-35(60)57-33-22-29(49(68)69-6)12-17-32(33)37(48(57)67)38(28-10-8-7-9-11-28)53-30-13-15-31(16-14-30)55(5)36(61)24-56-20-18-54(4)19-21-56/h7-17,22,26,34,39-46,50,58,62-65,67H,18-21,23-25H2,1-6H3,(H,51,66)(H,52,59)/t34?,39-,40?,41?,42?,43?,44?,45?,46?,50?/m1/s1. The SMILES string of the molecule is COC(=O)c1ccc2c(C(=Nc3ccc(N(C)C(=O)CN4CCN(C)CC4)cc3)c3ccccc3)c(O)n(C(=O)CNC(=O)C3OC(OC4C(O)C(CO)OC(C(C)C)[C@H]4NC(C)=O)C(O)C(O)C3O)c2c1. The molecule has 0 bridgehead atoms. The minimum absolute atomic E-state index is 0.0185. The van der Waals surface area contributed by atoms with Crippen molar-refractivity contribution in [3.63, 3.8) is 0 Å². The van der Waals surface area contributed by atoms with Gasteiger partial charge < -0.3 is 70.0 Å². The van der Waals surface area contributed by atoms with Crippen LogP contribution < -0.4 is 15.5 Å². The van der Waals surface area contributed by atoms with Crippen LogP contribution >= 0.6 is 0 Å². The maximum absolute atomic E-state index is 14.4. The molecule has 3 amide bonds. The molecule has 8 N–H and O–H groups in total. The summed E-state index contributed by atoms with van der Waals surface area (Å²) >= 11 is 0. The quantitative estimate of drug-likeness (QED) is 0.0563. The number of nitrogens with zero attached hydrogens (tertiary/aromatic N) is 5. The molecule has 4 aromatic rings. The van der Waals surface area contributed by atoms with Gasteiger partial charge in [0, 0.05) is 56.8 Å². The number of aliphatic imine (C=N–C) groups is 1. The summed E-state index contributed by atoms with van der Waals surface area (Å²) in [6.45, 7) is 6.81. The predicted molar refractivity (Wildman–Crippen MR) is 260 cm³/mol. The Bertz CT molecular complexity index is 2620. The van der Waals surface area contributed by atoms with E-state index in [0.29, 0.717) is 16.9 Å². The molecule has 3 fully saturated rings. The summed E-state index contributed by atoms with van der Waals surface area (Å²) in [5, 5.41) is 71.6. The van der Waals surface area contributed by atoms with E-state index in [9.17, 15) is 54.6 Å². The lowest BCUT2D eigenvalue weighted by atomic mass is 9.87. The first-order valence-corrected chi connectivity index (χ1v) is 23.6. The average Bonchev–Trinajstić information content (AvgIpc) is 3.66. The molecule has 4 heterocycles. The van der Waals surface area contributed by atoms with Gasteiger partial charge in [0.05, 0.1) is 67.0 Å². The lowest BCUT2D eigenvalue weighted by molar-refractivity contribution is -0.325. The number of amides is 3. The molecular formula is C50H63N7O15. The fraction of sp³-hybridized carbons (Fsp3) is 0.480. The van der Waals surface area contributed by atoms with Gasteiger partial charge in [0.25, 0.3) is 11.8 Å². The number of methoxy groups -OCH3 is 1. The number of hydrogen-bond acceptors (Lipinski definition) is 18. The number of carbonyl (C=O) groups is 5. The normalized spacial score (nSPS) is 26.3. The van der Waals surface area contributed by atoms with Crippen molar-refractivity contribution in [2.45, 2.75) is 81.9 Å². The van der Waals surface area contributed by atoms with E-state index in [-0.39, 0.29) is 46.1 Å². The maximum Gasteiger partial charge on any atom is 0.337 e. The van der Waals surface area contributed by atoms with Crippen LogP contribution in [-0.2, 0) is 33.3 Å². The Balaban J connectivity index is 1.17. The molecule has 0 spiro atoms. The molecule has 22 heteroatoms. The van der Waals surface area contributed by atoms with E-state index in [4.69, 9.17) is 23.9 Å². The van der Waals surface area contributed by atoms with Crippen LogP contribution in [0.25, 0.3) is 10.9 Å². The van der Waals surface area contributed by atoms with Crippen LogP contribution in [0.3, 0.4) is 0 Å². The van der Waals surface area contributed by atoms with Crippen LogP contribution in [0.4, 0.5) is 11.4 Å². The fourth-order valence-corrected chi connectivity index (χ4v) is 9.13. The highest BCUT2D eigenvalue weighted by atomic mass is 16.7. The number of aromatic nitrogens is 1. The Morgan fingerprint density at radius 2 is 1.56 bits per heavy atom. The number of nitrogens with one attached hydrogen (secondary N) is 2. The average molecular weight is 1000 g/mol. The van der Waals surface area contributed by atoms with E-state index in [1.54, 1.807) is 80.4 Å². The van der Waals surface area contributed by atoms with Crippen molar-refractivity contribution in [2.75, 3.05) is 72.0 Å². The summed E-state index contributed by atoms with van der Waals surface area (Å²) in [6.07, 6.45) is -15.2. The van der Waals surface area contributed by atoms with Crippen LogP contribution in [0, 0.1) is 5.92 Å². The number of piperazine rings is 1. The van der Waals surface area contributed by atoms with Crippen molar-refractivity contribution in [1.29, 1.82) is 0 Å². The van der Waals surface area contributed by atoms with Gasteiger partial charge in [0.2, 0.25) is 17.7 Å². The van der Waals surface area contributed by atoms with E-state index in [0.717, 1.165) is 30.7 Å². The lowest BCUT2D eigenvalue weighted by Gasteiger charge is -2.48. The van der Waals surface area contributed by atoms with Crippen molar-refractivity contribution in [3.05, 3.63) is 89.5 Å². The van der Waals surface area contributed by atoms with Crippen molar-refractivity contribution >= 4 is 57.6 Å². The number of carbonyl (C=O) groups excluding carboxylic acids is 5. The largest absolute Gasteiger partial charge is 0.494 e. The van der Waals surface area contributed by atoms with E-state index in [1.165, 1.54) is 32.2 Å². The summed E-state index contributed by atoms with van der Waals surface area (Å²) in [5.74, 6) is -4.39. The zero-order valence-corrected chi connectivity index (χ0v) is 40.8. The highest BCUT2D eigenvalue weighted by Crippen LogP contribution is 2.37. The van der Waals surface area contributed by atoms with Crippen molar-refractivity contribution in [1.82, 2.24) is 25.0 Å². The number of likely N-dealkylation sites (N-methyl/N-ethyl adjacent to an activating group) is 2.